The van der Waals surface area contributed by atoms with Crippen LogP contribution >= 0.6 is 0 Å². The zero-order chi connectivity index (χ0) is 14.8. The maximum Gasteiger partial charge on any atom is 0.138 e. The van der Waals surface area contributed by atoms with Gasteiger partial charge in [-0.2, -0.15) is 0 Å². The van der Waals surface area contributed by atoms with Crippen LogP contribution in [0.25, 0.3) is 0 Å². The van der Waals surface area contributed by atoms with E-state index in [1.165, 1.54) is 6.42 Å². The standard InChI is InChI=1S/C15H26N4O/c1-14(2,3)13-18-11(16)9-12(19-13)17-10-15(20)7-5-4-6-8-15/h9,20H,4-8,10H2,1-3H3,(H3,16,17,18,19). The fourth-order valence-electron chi connectivity index (χ4n) is 2.53. The molecule has 0 amide bonds. The molecule has 0 bridgehead atoms. The lowest BCUT2D eigenvalue weighted by Gasteiger charge is -2.32. The third-order valence-electron chi connectivity index (χ3n) is 3.80. The summed E-state index contributed by atoms with van der Waals surface area (Å²) in [7, 11) is 0. The largest absolute Gasteiger partial charge is 0.388 e. The molecule has 0 aliphatic heterocycles. The molecule has 1 aliphatic rings. The van der Waals surface area contributed by atoms with Crippen LogP contribution in [0, 0.1) is 0 Å². The Morgan fingerprint density at radius 3 is 2.50 bits per heavy atom. The molecule has 1 aromatic heterocycles. The van der Waals surface area contributed by atoms with E-state index in [0.29, 0.717) is 18.2 Å². The maximum absolute atomic E-state index is 10.5. The number of nitrogens with zero attached hydrogens (tertiary/aromatic N) is 2. The van der Waals surface area contributed by atoms with Crippen molar-refractivity contribution in [2.45, 2.75) is 63.9 Å². The third kappa shape index (κ3) is 3.82. The summed E-state index contributed by atoms with van der Waals surface area (Å²) in [6.07, 6.45) is 5.12. The van der Waals surface area contributed by atoms with Crippen molar-refractivity contribution in [2.75, 3.05) is 17.6 Å². The summed E-state index contributed by atoms with van der Waals surface area (Å²) in [6, 6.07) is 1.72. The zero-order valence-corrected chi connectivity index (χ0v) is 12.7. The summed E-state index contributed by atoms with van der Waals surface area (Å²) in [4.78, 5) is 8.79. The van der Waals surface area contributed by atoms with E-state index in [2.05, 4.69) is 36.1 Å². The molecule has 4 N–H and O–H groups in total. The molecule has 1 fully saturated rings. The van der Waals surface area contributed by atoms with E-state index in [1.54, 1.807) is 6.07 Å². The number of nitrogen functional groups attached to an aromatic ring is 1. The summed E-state index contributed by atoms with van der Waals surface area (Å²) in [5.41, 5.74) is 5.09. The number of rotatable bonds is 3. The average Bonchev–Trinajstić information content (AvgIpc) is 2.36. The average molecular weight is 278 g/mol. The molecule has 0 unspecified atom stereocenters. The van der Waals surface area contributed by atoms with Crippen LogP contribution in [-0.4, -0.2) is 27.2 Å². The zero-order valence-electron chi connectivity index (χ0n) is 12.7. The third-order valence-corrected chi connectivity index (χ3v) is 3.80. The second kappa shape index (κ2) is 5.56. The molecule has 20 heavy (non-hydrogen) atoms. The predicted octanol–water partition coefficient (Wildman–Crippen LogP) is 2.46. The molecule has 5 heteroatoms. The summed E-state index contributed by atoms with van der Waals surface area (Å²) >= 11 is 0. The predicted molar refractivity (Wildman–Crippen MR) is 81.7 cm³/mol. The van der Waals surface area contributed by atoms with Gasteiger partial charge in [0.15, 0.2) is 0 Å². The van der Waals surface area contributed by atoms with Crippen LogP contribution in [0.2, 0.25) is 0 Å². The van der Waals surface area contributed by atoms with E-state index in [9.17, 15) is 5.11 Å². The summed E-state index contributed by atoms with van der Waals surface area (Å²) in [6.45, 7) is 6.69. The first kappa shape index (κ1) is 15.0. The number of anilines is 2. The minimum absolute atomic E-state index is 0.145. The normalized spacial score (nSPS) is 18.8. The van der Waals surface area contributed by atoms with Crippen LogP contribution < -0.4 is 11.1 Å². The highest BCUT2D eigenvalue weighted by Crippen LogP contribution is 2.28. The number of aliphatic hydroxyl groups is 1. The quantitative estimate of drug-likeness (QED) is 0.791. The number of hydrogen-bond acceptors (Lipinski definition) is 5. The minimum Gasteiger partial charge on any atom is -0.388 e. The van der Waals surface area contributed by atoms with Gasteiger partial charge in [-0.3, -0.25) is 0 Å². The second-order valence-electron chi connectivity index (χ2n) is 6.89. The highest BCUT2D eigenvalue weighted by Gasteiger charge is 2.29. The molecule has 0 radical (unpaired) electrons. The van der Waals surface area contributed by atoms with Crippen molar-refractivity contribution < 1.29 is 5.11 Å². The van der Waals surface area contributed by atoms with E-state index in [-0.39, 0.29) is 5.41 Å². The monoisotopic (exact) mass is 278 g/mol. The van der Waals surface area contributed by atoms with Crippen LogP contribution in [0.15, 0.2) is 6.07 Å². The lowest BCUT2D eigenvalue weighted by molar-refractivity contribution is 0.0166. The number of nitrogens with two attached hydrogens (primary N) is 1. The molecule has 1 aliphatic carbocycles. The molecule has 0 aromatic carbocycles. The SMILES string of the molecule is CC(C)(C)c1nc(N)cc(NCC2(O)CCCCC2)n1. The van der Waals surface area contributed by atoms with Gasteiger partial charge in [-0.15, -0.1) is 0 Å². The molecule has 1 heterocycles. The van der Waals surface area contributed by atoms with Gasteiger partial charge in [-0.1, -0.05) is 40.0 Å². The van der Waals surface area contributed by atoms with Crippen molar-refractivity contribution in [3.05, 3.63) is 11.9 Å². The Bertz CT molecular complexity index is 461. The van der Waals surface area contributed by atoms with E-state index in [0.717, 1.165) is 31.5 Å². The molecular weight excluding hydrogens is 252 g/mol. The lowest BCUT2D eigenvalue weighted by Crippen LogP contribution is -2.39. The molecule has 2 rings (SSSR count). The Labute approximate surface area is 121 Å². The Morgan fingerprint density at radius 1 is 1.25 bits per heavy atom. The first-order valence-corrected chi connectivity index (χ1v) is 7.40. The van der Waals surface area contributed by atoms with Crippen molar-refractivity contribution >= 4 is 11.6 Å². The smallest absolute Gasteiger partial charge is 0.138 e. The molecule has 0 atom stereocenters. The van der Waals surface area contributed by atoms with Gasteiger partial charge in [-0.05, 0) is 12.8 Å². The van der Waals surface area contributed by atoms with Crippen LogP contribution in [0.1, 0.15) is 58.7 Å². The van der Waals surface area contributed by atoms with Crippen molar-refractivity contribution in [3.63, 3.8) is 0 Å². The van der Waals surface area contributed by atoms with Gasteiger partial charge < -0.3 is 16.2 Å². The van der Waals surface area contributed by atoms with Gasteiger partial charge in [0, 0.05) is 18.0 Å². The molecule has 0 saturated heterocycles. The van der Waals surface area contributed by atoms with Crippen LogP contribution in [0.3, 0.4) is 0 Å². The minimum atomic E-state index is -0.611. The van der Waals surface area contributed by atoms with Gasteiger partial charge in [0.25, 0.3) is 0 Å². The first-order valence-electron chi connectivity index (χ1n) is 7.40. The van der Waals surface area contributed by atoms with Crippen molar-refractivity contribution in [1.29, 1.82) is 0 Å². The number of hydrogen-bond donors (Lipinski definition) is 3. The van der Waals surface area contributed by atoms with Crippen LogP contribution in [-0.2, 0) is 5.41 Å². The van der Waals surface area contributed by atoms with Crippen LogP contribution in [0.5, 0.6) is 0 Å². The van der Waals surface area contributed by atoms with Gasteiger partial charge in [0.2, 0.25) is 0 Å². The Kier molecular flexibility index (Phi) is 4.18. The fraction of sp³-hybridized carbons (Fsp3) is 0.733. The lowest BCUT2D eigenvalue weighted by atomic mass is 9.85. The van der Waals surface area contributed by atoms with Gasteiger partial charge in [0.1, 0.15) is 17.5 Å². The van der Waals surface area contributed by atoms with E-state index in [4.69, 9.17) is 5.73 Å². The molecule has 1 aromatic rings. The van der Waals surface area contributed by atoms with Gasteiger partial charge in [0.05, 0.1) is 5.60 Å². The number of aromatic nitrogens is 2. The second-order valence-corrected chi connectivity index (χ2v) is 6.89. The first-order chi connectivity index (χ1) is 9.28. The van der Waals surface area contributed by atoms with E-state index >= 15 is 0 Å². The molecule has 112 valence electrons. The molecule has 1 saturated carbocycles. The Hall–Kier alpha value is -1.36. The fourth-order valence-corrected chi connectivity index (χ4v) is 2.53. The Morgan fingerprint density at radius 2 is 1.90 bits per heavy atom. The van der Waals surface area contributed by atoms with E-state index < -0.39 is 5.60 Å². The molecule has 0 spiro atoms. The maximum atomic E-state index is 10.5. The van der Waals surface area contributed by atoms with Crippen LogP contribution in [0.4, 0.5) is 11.6 Å². The van der Waals surface area contributed by atoms with Crippen molar-refractivity contribution in [1.82, 2.24) is 9.97 Å². The highest BCUT2D eigenvalue weighted by atomic mass is 16.3. The summed E-state index contributed by atoms with van der Waals surface area (Å²) < 4.78 is 0. The Balaban J connectivity index is 2.07. The summed E-state index contributed by atoms with van der Waals surface area (Å²) in [5, 5.41) is 13.7. The van der Waals surface area contributed by atoms with E-state index in [1.807, 2.05) is 0 Å². The number of nitrogens with one attached hydrogen (secondary N) is 1. The van der Waals surface area contributed by atoms with Gasteiger partial charge >= 0.3 is 0 Å². The topological polar surface area (TPSA) is 84.1 Å². The van der Waals surface area contributed by atoms with Gasteiger partial charge in [-0.25, -0.2) is 9.97 Å². The summed E-state index contributed by atoms with van der Waals surface area (Å²) in [5.74, 6) is 1.88. The molecular formula is C15H26N4O. The van der Waals surface area contributed by atoms with Crippen molar-refractivity contribution in [3.8, 4) is 0 Å². The molecule has 5 nitrogen and oxygen atoms in total. The van der Waals surface area contributed by atoms with Crippen molar-refractivity contribution in [2.24, 2.45) is 0 Å². The highest BCUT2D eigenvalue weighted by molar-refractivity contribution is 5.45.